The molecular weight excluding hydrogens is 378 g/mol. The van der Waals surface area contributed by atoms with Crippen LogP contribution in [0.2, 0.25) is 0 Å². The summed E-state index contributed by atoms with van der Waals surface area (Å²) < 4.78 is 32.4. The Labute approximate surface area is 162 Å². The van der Waals surface area contributed by atoms with Gasteiger partial charge in [0.15, 0.2) is 0 Å². The van der Waals surface area contributed by atoms with Crippen molar-refractivity contribution in [2.24, 2.45) is 4.99 Å². The summed E-state index contributed by atoms with van der Waals surface area (Å²) in [5.41, 5.74) is 14.6. The molecular formula is C19H19N5O3S. The van der Waals surface area contributed by atoms with E-state index in [4.69, 9.17) is 11.5 Å². The first-order valence-electron chi connectivity index (χ1n) is 8.20. The number of nitrogen functional groups attached to an aromatic ring is 2. The minimum atomic E-state index is -4.41. The fraction of sp³-hybridized carbons (Fsp3) is 0. The molecule has 3 rings (SSSR count). The van der Waals surface area contributed by atoms with Crippen molar-refractivity contribution >= 4 is 50.6 Å². The lowest BCUT2D eigenvalue weighted by atomic mass is 10.2. The Morgan fingerprint density at radius 1 is 0.857 bits per heavy atom. The van der Waals surface area contributed by atoms with Gasteiger partial charge in [-0.2, -0.15) is 8.42 Å². The van der Waals surface area contributed by atoms with Crippen molar-refractivity contribution in [3.8, 4) is 0 Å². The lowest BCUT2D eigenvalue weighted by Gasteiger charge is -2.11. The van der Waals surface area contributed by atoms with Gasteiger partial charge in [0.05, 0.1) is 17.7 Å². The summed E-state index contributed by atoms with van der Waals surface area (Å²) in [6.07, 6.45) is 1.56. The van der Waals surface area contributed by atoms with E-state index in [1.54, 1.807) is 60.9 Å². The number of nitrogens with two attached hydrogens (primary N) is 2. The summed E-state index contributed by atoms with van der Waals surface area (Å²) in [7, 11) is -4.41. The van der Waals surface area contributed by atoms with Gasteiger partial charge in [-0.15, -0.1) is 0 Å². The number of hydrogen-bond donors (Lipinski definition) is 5. The van der Waals surface area contributed by atoms with Crippen LogP contribution in [0.15, 0.2) is 76.6 Å². The molecule has 0 aliphatic rings. The van der Waals surface area contributed by atoms with Crippen LogP contribution in [0.3, 0.4) is 0 Å². The van der Waals surface area contributed by atoms with E-state index in [-0.39, 0.29) is 16.3 Å². The van der Waals surface area contributed by atoms with E-state index in [9.17, 15) is 13.0 Å². The van der Waals surface area contributed by atoms with E-state index < -0.39 is 10.1 Å². The third kappa shape index (κ3) is 5.00. The number of anilines is 5. The van der Waals surface area contributed by atoms with Crippen molar-refractivity contribution < 1.29 is 13.0 Å². The molecule has 0 aliphatic heterocycles. The standard InChI is InChI=1S/C19H19N5O3S/c20-13-1-4-15(5-2-13)22-12-23-16-6-8-17(9-7-16)24-18-10-3-14(21)11-19(18)28(25,26)27/h1-12,24H,20-21H2,(H,22,23)(H,25,26,27). The zero-order valence-electron chi connectivity index (χ0n) is 14.7. The van der Waals surface area contributed by atoms with Crippen molar-refractivity contribution in [2.45, 2.75) is 4.90 Å². The number of aliphatic imine (C=N–C) groups is 1. The molecule has 0 saturated carbocycles. The molecule has 0 radical (unpaired) electrons. The van der Waals surface area contributed by atoms with Gasteiger partial charge >= 0.3 is 0 Å². The van der Waals surface area contributed by atoms with E-state index in [1.165, 1.54) is 12.1 Å². The van der Waals surface area contributed by atoms with E-state index in [2.05, 4.69) is 15.6 Å². The molecule has 0 heterocycles. The minimum Gasteiger partial charge on any atom is -0.399 e. The second kappa shape index (κ2) is 7.99. The van der Waals surface area contributed by atoms with Crippen LogP contribution in [-0.4, -0.2) is 19.3 Å². The van der Waals surface area contributed by atoms with Crippen molar-refractivity contribution in [1.29, 1.82) is 0 Å². The Bertz CT molecular complexity index is 1100. The molecule has 0 amide bonds. The maximum atomic E-state index is 11.5. The fourth-order valence-electron chi connectivity index (χ4n) is 2.40. The summed E-state index contributed by atoms with van der Waals surface area (Å²) in [6, 6.07) is 18.5. The van der Waals surface area contributed by atoms with Gasteiger partial charge in [-0.05, 0) is 66.7 Å². The van der Waals surface area contributed by atoms with Crippen LogP contribution in [0, 0.1) is 0 Å². The number of hydrogen-bond acceptors (Lipinski definition) is 6. The Hall–Kier alpha value is -3.56. The molecule has 0 bridgehead atoms. The topological polar surface area (TPSA) is 143 Å². The van der Waals surface area contributed by atoms with Gasteiger partial charge < -0.3 is 22.1 Å². The van der Waals surface area contributed by atoms with Crippen LogP contribution in [0.25, 0.3) is 0 Å². The highest BCUT2D eigenvalue weighted by molar-refractivity contribution is 7.86. The smallest absolute Gasteiger partial charge is 0.296 e. The molecule has 0 spiro atoms. The summed E-state index contributed by atoms with van der Waals surface area (Å²) in [5, 5.41) is 5.99. The quantitative estimate of drug-likeness (QED) is 0.185. The molecule has 0 saturated heterocycles. The van der Waals surface area contributed by atoms with Gasteiger partial charge in [-0.3, -0.25) is 4.55 Å². The monoisotopic (exact) mass is 397 g/mol. The number of rotatable bonds is 6. The maximum Gasteiger partial charge on any atom is 0.296 e. The van der Waals surface area contributed by atoms with Crippen LogP contribution in [-0.2, 0) is 10.1 Å². The molecule has 0 aliphatic carbocycles. The van der Waals surface area contributed by atoms with Crippen molar-refractivity contribution in [1.82, 2.24) is 0 Å². The lowest BCUT2D eigenvalue weighted by molar-refractivity contribution is 0.483. The van der Waals surface area contributed by atoms with E-state index in [0.29, 0.717) is 11.4 Å². The first-order valence-corrected chi connectivity index (χ1v) is 9.64. The Balaban J connectivity index is 1.69. The molecule has 28 heavy (non-hydrogen) atoms. The summed E-state index contributed by atoms with van der Waals surface area (Å²) in [6.45, 7) is 0. The van der Waals surface area contributed by atoms with Crippen LogP contribution in [0.5, 0.6) is 0 Å². The second-order valence-corrected chi connectivity index (χ2v) is 7.32. The normalized spacial score (nSPS) is 11.5. The average Bonchev–Trinajstić information content (AvgIpc) is 2.65. The van der Waals surface area contributed by atoms with E-state index >= 15 is 0 Å². The number of benzene rings is 3. The highest BCUT2D eigenvalue weighted by Crippen LogP contribution is 2.27. The Kier molecular flexibility index (Phi) is 5.48. The van der Waals surface area contributed by atoms with Gasteiger partial charge in [0, 0.05) is 22.7 Å². The Morgan fingerprint density at radius 2 is 1.46 bits per heavy atom. The maximum absolute atomic E-state index is 11.5. The molecule has 9 heteroatoms. The zero-order chi connectivity index (χ0) is 20.1. The molecule has 144 valence electrons. The molecule has 0 fully saturated rings. The molecule has 0 unspecified atom stereocenters. The highest BCUT2D eigenvalue weighted by atomic mass is 32.2. The predicted molar refractivity (Wildman–Crippen MR) is 113 cm³/mol. The summed E-state index contributed by atoms with van der Waals surface area (Å²) in [4.78, 5) is 3.98. The molecule has 3 aromatic rings. The van der Waals surface area contributed by atoms with E-state index in [1.807, 2.05) is 0 Å². The first-order chi connectivity index (χ1) is 13.3. The van der Waals surface area contributed by atoms with Crippen LogP contribution < -0.4 is 22.1 Å². The number of nitrogens with zero attached hydrogens (tertiary/aromatic N) is 1. The zero-order valence-corrected chi connectivity index (χ0v) is 15.5. The molecule has 8 nitrogen and oxygen atoms in total. The van der Waals surface area contributed by atoms with Gasteiger partial charge in [0.2, 0.25) is 0 Å². The minimum absolute atomic E-state index is 0.224. The van der Waals surface area contributed by atoms with Crippen LogP contribution in [0.1, 0.15) is 0 Å². The second-order valence-electron chi connectivity index (χ2n) is 5.93. The molecule has 0 atom stereocenters. The largest absolute Gasteiger partial charge is 0.399 e. The van der Waals surface area contributed by atoms with Gasteiger partial charge in [-0.1, -0.05) is 0 Å². The third-order valence-corrected chi connectivity index (χ3v) is 4.68. The number of nitrogens with one attached hydrogen (secondary N) is 2. The van der Waals surface area contributed by atoms with E-state index in [0.717, 1.165) is 11.4 Å². The molecule has 3 aromatic carbocycles. The highest BCUT2D eigenvalue weighted by Gasteiger charge is 2.16. The molecule has 7 N–H and O–H groups in total. The first kappa shape index (κ1) is 19.2. The van der Waals surface area contributed by atoms with Crippen molar-refractivity contribution in [3.05, 3.63) is 66.7 Å². The Morgan fingerprint density at radius 3 is 2.11 bits per heavy atom. The third-order valence-electron chi connectivity index (χ3n) is 3.79. The summed E-state index contributed by atoms with van der Waals surface area (Å²) >= 11 is 0. The van der Waals surface area contributed by atoms with Crippen molar-refractivity contribution in [2.75, 3.05) is 22.1 Å². The summed E-state index contributed by atoms with van der Waals surface area (Å²) in [5.74, 6) is 0. The lowest BCUT2D eigenvalue weighted by Crippen LogP contribution is -2.04. The predicted octanol–water partition coefficient (Wildman–Crippen LogP) is 3.61. The molecule has 0 aromatic heterocycles. The fourth-order valence-corrected chi connectivity index (χ4v) is 3.08. The average molecular weight is 397 g/mol. The van der Waals surface area contributed by atoms with Crippen LogP contribution in [0.4, 0.5) is 34.1 Å². The van der Waals surface area contributed by atoms with Gasteiger partial charge in [0.1, 0.15) is 4.90 Å². The van der Waals surface area contributed by atoms with Gasteiger partial charge in [-0.25, -0.2) is 4.99 Å². The SMILES string of the molecule is Nc1ccc(N=CNc2ccc(Nc3ccc(N)cc3S(=O)(=O)O)cc2)cc1. The van der Waals surface area contributed by atoms with Crippen molar-refractivity contribution in [3.63, 3.8) is 0 Å². The van der Waals surface area contributed by atoms with Gasteiger partial charge in [0.25, 0.3) is 10.1 Å². The van der Waals surface area contributed by atoms with Crippen LogP contribution >= 0.6 is 0 Å².